The zero-order valence-corrected chi connectivity index (χ0v) is 34.7. The van der Waals surface area contributed by atoms with Gasteiger partial charge in [0.1, 0.15) is 11.6 Å². The van der Waals surface area contributed by atoms with Crippen molar-refractivity contribution in [2.24, 2.45) is 5.73 Å². The predicted octanol–water partition coefficient (Wildman–Crippen LogP) is 7.81. The normalized spacial score (nSPS) is 15.0. The van der Waals surface area contributed by atoms with E-state index in [1.165, 1.54) is 24.3 Å². The Morgan fingerprint density at radius 3 is 2.36 bits per heavy atom. The minimum absolute atomic E-state index is 0.150. The van der Waals surface area contributed by atoms with Gasteiger partial charge >= 0.3 is 0 Å². The number of piperazine rings is 1. The molecule has 0 aliphatic carbocycles. The number of nitrogens with two attached hydrogens (primary N) is 1. The number of hydrogen-bond acceptors (Lipinski definition) is 8. The molecule has 2 fully saturated rings. The van der Waals surface area contributed by atoms with Gasteiger partial charge < -0.3 is 25.6 Å². The molecule has 11 nitrogen and oxygen atoms in total. The molecule has 3 N–H and O–H groups in total. The number of anilines is 2. The third-order valence-electron chi connectivity index (χ3n) is 11.8. The monoisotopic (exact) mass is 826 g/mol. The SMILES string of the molecule is CCc1nc2c(cnn2CC)c(NC2CCOCC2)c1CN(Cc1ccc(F)c(-c2cccc(CN3CCN(c4ccc(F)cc4)CC3)c2)c1)C(=O)c1cccc(C(N)=O)c1. The Balaban J connectivity index is 1.10. The Labute approximate surface area is 355 Å². The van der Waals surface area contributed by atoms with Crippen molar-refractivity contribution in [3.63, 3.8) is 0 Å². The van der Waals surface area contributed by atoms with E-state index in [0.29, 0.717) is 43.9 Å². The van der Waals surface area contributed by atoms with Gasteiger partial charge in [-0.1, -0.05) is 37.3 Å². The smallest absolute Gasteiger partial charge is 0.254 e. The zero-order chi connectivity index (χ0) is 42.5. The lowest BCUT2D eigenvalue weighted by Crippen LogP contribution is -2.45. The first-order valence-corrected chi connectivity index (χ1v) is 21.2. The molecule has 2 saturated heterocycles. The van der Waals surface area contributed by atoms with E-state index in [1.807, 2.05) is 54.2 Å². The number of benzene rings is 4. The average molecular weight is 827 g/mol. The maximum absolute atomic E-state index is 15.9. The van der Waals surface area contributed by atoms with Crippen molar-refractivity contribution in [1.82, 2.24) is 24.6 Å². The Bertz CT molecular complexity index is 2510. The summed E-state index contributed by atoms with van der Waals surface area (Å²) in [6.45, 7) is 10.4. The second kappa shape index (κ2) is 18.6. The maximum Gasteiger partial charge on any atom is 0.254 e. The van der Waals surface area contributed by atoms with E-state index in [0.717, 1.165) is 89.4 Å². The van der Waals surface area contributed by atoms with Crippen LogP contribution in [0.4, 0.5) is 20.2 Å². The van der Waals surface area contributed by atoms with E-state index >= 15 is 4.39 Å². The number of hydrogen-bond donors (Lipinski definition) is 2. The number of carbonyl (C=O) groups is 2. The molecule has 316 valence electrons. The average Bonchev–Trinajstić information content (AvgIpc) is 3.71. The highest BCUT2D eigenvalue weighted by Crippen LogP contribution is 2.34. The number of pyridine rings is 1. The lowest BCUT2D eigenvalue weighted by molar-refractivity contribution is 0.0729. The Morgan fingerprint density at radius 2 is 1.62 bits per heavy atom. The third kappa shape index (κ3) is 9.43. The first kappa shape index (κ1) is 41.5. The molecular weight excluding hydrogens is 775 g/mol. The first-order chi connectivity index (χ1) is 29.7. The number of amides is 2. The number of nitrogens with one attached hydrogen (secondary N) is 1. The number of carbonyl (C=O) groups excluding carboxylic acids is 2. The van der Waals surface area contributed by atoms with Gasteiger partial charge in [-0.25, -0.2) is 18.4 Å². The van der Waals surface area contributed by atoms with Crippen molar-refractivity contribution < 1.29 is 23.1 Å². The van der Waals surface area contributed by atoms with Gasteiger partial charge in [-0.2, -0.15) is 5.10 Å². The first-order valence-electron chi connectivity index (χ1n) is 21.2. The molecule has 4 aromatic carbocycles. The fourth-order valence-corrected chi connectivity index (χ4v) is 8.48. The number of primary amides is 1. The van der Waals surface area contributed by atoms with Gasteiger partial charge in [0.15, 0.2) is 5.65 Å². The number of aryl methyl sites for hydroxylation is 2. The summed E-state index contributed by atoms with van der Waals surface area (Å²) in [6, 6.07) is 26.2. The Kier molecular flexibility index (Phi) is 12.7. The summed E-state index contributed by atoms with van der Waals surface area (Å²) in [5.74, 6) is -1.54. The van der Waals surface area contributed by atoms with Gasteiger partial charge in [-0.05, 0) is 104 Å². The molecule has 0 atom stereocenters. The second-order valence-corrected chi connectivity index (χ2v) is 15.9. The molecule has 2 amide bonds. The number of ether oxygens (including phenoxy) is 1. The van der Waals surface area contributed by atoms with Crippen LogP contribution in [0.5, 0.6) is 0 Å². The fraction of sp³-hybridized carbons (Fsp3) is 0.333. The highest BCUT2D eigenvalue weighted by atomic mass is 19.1. The van der Waals surface area contributed by atoms with E-state index in [4.69, 9.17) is 15.5 Å². The molecule has 0 unspecified atom stereocenters. The molecule has 0 bridgehead atoms. The van der Waals surface area contributed by atoms with Crippen LogP contribution in [-0.4, -0.2) is 81.8 Å². The van der Waals surface area contributed by atoms with Crippen molar-refractivity contribution in [3.05, 3.63) is 142 Å². The zero-order valence-electron chi connectivity index (χ0n) is 34.7. The third-order valence-corrected chi connectivity index (χ3v) is 11.8. The van der Waals surface area contributed by atoms with Gasteiger partial charge in [-0.3, -0.25) is 14.5 Å². The molecule has 6 aromatic rings. The molecule has 13 heteroatoms. The molecule has 2 aliphatic rings. The molecule has 0 spiro atoms. The van der Waals surface area contributed by atoms with Crippen LogP contribution in [0.3, 0.4) is 0 Å². The number of halogens is 2. The summed E-state index contributed by atoms with van der Waals surface area (Å²) < 4.78 is 36.9. The lowest BCUT2D eigenvalue weighted by Gasteiger charge is -2.36. The summed E-state index contributed by atoms with van der Waals surface area (Å²) >= 11 is 0. The van der Waals surface area contributed by atoms with Crippen LogP contribution in [0.2, 0.25) is 0 Å². The molecule has 8 rings (SSSR count). The molecule has 2 aliphatic heterocycles. The van der Waals surface area contributed by atoms with Crippen LogP contribution in [-0.2, 0) is 37.3 Å². The van der Waals surface area contributed by atoms with Crippen molar-refractivity contribution >= 4 is 34.2 Å². The van der Waals surface area contributed by atoms with Gasteiger partial charge in [0.2, 0.25) is 5.91 Å². The van der Waals surface area contributed by atoms with Gasteiger partial charge in [-0.15, -0.1) is 0 Å². The number of nitrogens with zero attached hydrogens (tertiary/aromatic N) is 6. The molecule has 0 saturated carbocycles. The molecular formula is C48H52F2N8O3. The fourth-order valence-electron chi connectivity index (χ4n) is 8.48. The summed E-state index contributed by atoms with van der Waals surface area (Å²) in [5, 5.41) is 9.35. The Hall–Kier alpha value is -6.18. The van der Waals surface area contributed by atoms with Crippen LogP contribution in [0.15, 0.2) is 97.2 Å². The van der Waals surface area contributed by atoms with E-state index in [2.05, 4.69) is 33.2 Å². The summed E-state index contributed by atoms with van der Waals surface area (Å²) in [7, 11) is 0. The highest BCUT2D eigenvalue weighted by Gasteiger charge is 2.26. The van der Waals surface area contributed by atoms with Gasteiger partial charge in [0, 0.05) is 98.7 Å². The van der Waals surface area contributed by atoms with Gasteiger partial charge in [0.25, 0.3) is 5.91 Å². The molecule has 0 radical (unpaired) electrons. The minimum Gasteiger partial charge on any atom is -0.381 e. The topological polar surface area (TPSA) is 122 Å². The Morgan fingerprint density at radius 1 is 0.869 bits per heavy atom. The predicted molar refractivity (Wildman–Crippen MR) is 234 cm³/mol. The van der Waals surface area contributed by atoms with Crippen molar-refractivity contribution in [3.8, 4) is 11.1 Å². The number of aromatic nitrogens is 3. The number of fused-ring (bicyclic) bond motifs is 1. The quantitative estimate of drug-likeness (QED) is 0.114. The van der Waals surface area contributed by atoms with Crippen LogP contribution in [0, 0.1) is 11.6 Å². The maximum atomic E-state index is 15.9. The lowest BCUT2D eigenvalue weighted by atomic mass is 9.99. The van der Waals surface area contributed by atoms with E-state index in [-0.39, 0.29) is 42.2 Å². The van der Waals surface area contributed by atoms with Crippen LogP contribution in [0.25, 0.3) is 22.2 Å². The standard InChI is InChI=1S/C48H52F2N8O3/c1-3-44-42(45(53-38-17-23-61-24-18-38)41-28-52-58(4-2)47(41)54-44)31-57(48(60)36-10-6-9-35(27-36)46(51)59)30-33-11-16-43(50)40(26-33)34-8-5-7-32(25-34)29-55-19-21-56(22-20-55)39-14-12-37(49)13-15-39/h5-16,25-28,38H,3-4,17-24,29-31H2,1-2H3,(H2,51,59)(H,53,54). The van der Waals surface area contributed by atoms with Gasteiger partial charge in [0.05, 0.1) is 23.8 Å². The van der Waals surface area contributed by atoms with E-state index in [1.54, 1.807) is 29.2 Å². The van der Waals surface area contributed by atoms with E-state index in [9.17, 15) is 14.0 Å². The van der Waals surface area contributed by atoms with Crippen molar-refractivity contribution in [2.75, 3.05) is 49.6 Å². The van der Waals surface area contributed by atoms with Crippen molar-refractivity contribution in [1.29, 1.82) is 0 Å². The van der Waals surface area contributed by atoms with Crippen molar-refractivity contribution in [2.45, 2.75) is 65.3 Å². The summed E-state index contributed by atoms with van der Waals surface area (Å²) in [4.78, 5) is 38.4. The summed E-state index contributed by atoms with van der Waals surface area (Å²) in [6.07, 6.45) is 4.13. The molecule has 4 heterocycles. The second-order valence-electron chi connectivity index (χ2n) is 15.9. The van der Waals surface area contributed by atoms with Crippen LogP contribution < -0.4 is 16.0 Å². The number of rotatable bonds is 14. The molecule has 2 aromatic heterocycles. The molecule has 61 heavy (non-hydrogen) atoms. The summed E-state index contributed by atoms with van der Waals surface area (Å²) in [5.41, 5.74) is 13.6. The largest absolute Gasteiger partial charge is 0.381 e. The van der Waals surface area contributed by atoms with E-state index < -0.39 is 5.91 Å². The van der Waals surface area contributed by atoms with Crippen LogP contribution in [0.1, 0.15) is 69.8 Å². The highest BCUT2D eigenvalue weighted by molar-refractivity contribution is 5.99. The van der Waals surface area contributed by atoms with Crippen LogP contribution >= 0.6 is 0 Å². The minimum atomic E-state index is -0.627.